The van der Waals surface area contributed by atoms with Crippen LogP contribution in [0.4, 0.5) is 4.39 Å². The Balaban J connectivity index is 2.16. The van der Waals surface area contributed by atoms with Crippen LogP contribution in [0.15, 0.2) is 60.9 Å². The zero-order valence-corrected chi connectivity index (χ0v) is 10.0. The Bertz CT molecular complexity index is 652. The number of halogens is 1. The molecular formula is C14H11FN4. The van der Waals surface area contributed by atoms with Crippen LogP contribution < -0.4 is 0 Å². The Hall–Kier alpha value is -2.56. The summed E-state index contributed by atoms with van der Waals surface area (Å²) >= 11 is 0. The van der Waals surface area contributed by atoms with E-state index in [0.717, 1.165) is 5.56 Å². The molecule has 4 nitrogen and oxygen atoms in total. The molecule has 1 atom stereocenters. The Morgan fingerprint density at radius 2 is 1.68 bits per heavy atom. The SMILES string of the molecule is Fc1ccccc1C(c1ccccc1)n1cnnn1. The summed E-state index contributed by atoms with van der Waals surface area (Å²) in [7, 11) is 0. The van der Waals surface area contributed by atoms with Crippen LogP contribution in [0.3, 0.4) is 0 Å². The monoisotopic (exact) mass is 254 g/mol. The van der Waals surface area contributed by atoms with Crippen molar-refractivity contribution in [2.45, 2.75) is 6.04 Å². The van der Waals surface area contributed by atoms with Gasteiger partial charge in [-0.2, -0.15) is 0 Å². The van der Waals surface area contributed by atoms with Gasteiger partial charge in [-0.05, 0) is 22.1 Å². The van der Waals surface area contributed by atoms with Crippen molar-refractivity contribution in [3.05, 3.63) is 77.9 Å². The van der Waals surface area contributed by atoms with Crippen molar-refractivity contribution in [3.8, 4) is 0 Å². The third-order valence-electron chi connectivity index (χ3n) is 2.94. The normalized spacial score (nSPS) is 12.3. The van der Waals surface area contributed by atoms with Gasteiger partial charge in [-0.15, -0.1) is 5.10 Å². The number of benzene rings is 2. The Morgan fingerprint density at radius 1 is 0.947 bits per heavy atom. The lowest BCUT2D eigenvalue weighted by molar-refractivity contribution is 0.529. The van der Waals surface area contributed by atoms with E-state index in [1.165, 1.54) is 12.4 Å². The molecule has 0 fully saturated rings. The molecule has 19 heavy (non-hydrogen) atoms. The maximum absolute atomic E-state index is 14.0. The summed E-state index contributed by atoms with van der Waals surface area (Å²) in [6.07, 6.45) is 1.49. The number of hydrogen-bond acceptors (Lipinski definition) is 3. The highest BCUT2D eigenvalue weighted by atomic mass is 19.1. The molecule has 94 valence electrons. The molecule has 1 unspecified atom stereocenters. The van der Waals surface area contributed by atoms with Gasteiger partial charge in [-0.3, -0.25) is 0 Å². The summed E-state index contributed by atoms with van der Waals surface area (Å²) in [6, 6.07) is 15.9. The summed E-state index contributed by atoms with van der Waals surface area (Å²) in [5.41, 5.74) is 1.47. The van der Waals surface area contributed by atoms with Gasteiger partial charge in [0.15, 0.2) is 0 Å². The maximum atomic E-state index is 14.0. The molecule has 0 aliphatic heterocycles. The van der Waals surface area contributed by atoms with Crippen LogP contribution in [0.1, 0.15) is 17.2 Å². The fraction of sp³-hybridized carbons (Fsp3) is 0.0714. The first-order chi connectivity index (χ1) is 9.36. The molecule has 0 amide bonds. The van der Waals surface area contributed by atoms with E-state index in [0.29, 0.717) is 5.56 Å². The van der Waals surface area contributed by atoms with Crippen LogP contribution in [0.5, 0.6) is 0 Å². The highest BCUT2D eigenvalue weighted by molar-refractivity contribution is 5.32. The smallest absolute Gasteiger partial charge is 0.139 e. The molecule has 0 saturated heterocycles. The topological polar surface area (TPSA) is 43.6 Å². The molecule has 0 N–H and O–H groups in total. The number of rotatable bonds is 3. The summed E-state index contributed by atoms with van der Waals surface area (Å²) in [4.78, 5) is 0. The molecule has 2 aromatic carbocycles. The average molecular weight is 254 g/mol. The van der Waals surface area contributed by atoms with Gasteiger partial charge in [-0.1, -0.05) is 48.5 Å². The number of tetrazole rings is 1. The second-order valence-corrected chi connectivity index (χ2v) is 4.12. The molecule has 0 radical (unpaired) electrons. The summed E-state index contributed by atoms with van der Waals surface area (Å²) in [5.74, 6) is -0.271. The summed E-state index contributed by atoms with van der Waals surface area (Å²) < 4.78 is 15.6. The van der Waals surface area contributed by atoms with Gasteiger partial charge in [0.25, 0.3) is 0 Å². The Morgan fingerprint density at radius 3 is 2.37 bits per heavy atom. The van der Waals surface area contributed by atoms with Gasteiger partial charge in [0.1, 0.15) is 18.2 Å². The van der Waals surface area contributed by atoms with Crippen LogP contribution >= 0.6 is 0 Å². The van der Waals surface area contributed by atoms with Gasteiger partial charge in [-0.25, -0.2) is 9.07 Å². The van der Waals surface area contributed by atoms with Crippen LogP contribution in [0.2, 0.25) is 0 Å². The fourth-order valence-electron chi connectivity index (χ4n) is 2.09. The zero-order chi connectivity index (χ0) is 13.1. The van der Waals surface area contributed by atoms with E-state index >= 15 is 0 Å². The predicted octanol–water partition coefficient (Wildman–Crippen LogP) is 2.45. The molecule has 3 rings (SSSR count). The standard InChI is InChI=1S/C14H11FN4/c15-13-9-5-4-8-12(13)14(19-10-16-17-18-19)11-6-2-1-3-7-11/h1-10,14H. The first kappa shape index (κ1) is 11.5. The van der Waals surface area contributed by atoms with Crippen molar-refractivity contribution in [1.82, 2.24) is 20.2 Å². The van der Waals surface area contributed by atoms with Gasteiger partial charge >= 0.3 is 0 Å². The van der Waals surface area contributed by atoms with E-state index in [-0.39, 0.29) is 11.9 Å². The van der Waals surface area contributed by atoms with E-state index in [4.69, 9.17) is 0 Å². The molecule has 0 bridgehead atoms. The van der Waals surface area contributed by atoms with E-state index in [2.05, 4.69) is 15.5 Å². The quantitative estimate of drug-likeness (QED) is 0.721. The van der Waals surface area contributed by atoms with Crippen molar-refractivity contribution < 1.29 is 4.39 Å². The zero-order valence-electron chi connectivity index (χ0n) is 10.0. The van der Waals surface area contributed by atoms with Crippen LogP contribution in [0.25, 0.3) is 0 Å². The van der Waals surface area contributed by atoms with E-state index in [1.54, 1.807) is 22.9 Å². The maximum Gasteiger partial charge on any atom is 0.139 e. The van der Waals surface area contributed by atoms with E-state index < -0.39 is 0 Å². The molecular weight excluding hydrogens is 243 g/mol. The first-order valence-electron chi connectivity index (χ1n) is 5.88. The molecule has 5 heteroatoms. The summed E-state index contributed by atoms with van der Waals surface area (Å²) in [5, 5.41) is 11.2. The highest BCUT2D eigenvalue weighted by Crippen LogP contribution is 2.27. The van der Waals surface area contributed by atoms with Crippen LogP contribution in [-0.2, 0) is 0 Å². The largest absolute Gasteiger partial charge is 0.220 e. The molecule has 1 heterocycles. The van der Waals surface area contributed by atoms with Gasteiger partial charge in [0.2, 0.25) is 0 Å². The lowest BCUT2D eigenvalue weighted by atomic mass is 9.98. The fourth-order valence-corrected chi connectivity index (χ4v) is 2.09. The van der Waals surface area contributed by atoms with Gasteiger partial charge < -0.3 is 0 Å². The number of nitrogens with zero attached hydrogens (tertiary/aromatic N) is 4. The third-order valence-corrected chi connectivity index (χ3v) is 2.94. The minimum absolute atomic E-state index is 0.271. The Kier molecular flexibility index (Phi) is 3.02. The van der Waals surface area contributed by atoms with Crippen LogP contribution in [0, 0.1) is 5.82 Å². The second-order valence-electron chi connectivity index (χ2n) is 4.12. The number of hydrogen-bond donors (Lipinski definition) is 0. The van der Waals surface area contributed by atoms with Crippen molar-refractivity contribution in [2.75, 3.05) is 0 Å². The van der Waals surface area contributed by atoms with Crippen molar-refractivity contribution in [1.29, 1.82) is 0 Å². The minimum atomic E-state index is -0.364. The summed E-state index contributed by atoms with van der Waals surface area (Å²) in [6.45, 7) is 0. The molecule has 0 saturated carbocycles. The van der Waals surface area contributed by atoms with Crippen molar-refractivity contribution in [3.63, 3.8) is 0 Å². The van der Waals surface area contributed by atoms with E-state index in [9.17, 15) is 4.39 Å². The lowest BCUT2D eigenvalue weighted by Gasteiger charge is -2.17. The van der Waals surface area contributed by atoms with E-state index in [1.807, 2.05) is 30.3 Å². The van der Waals surface area contributed by atoms with Crippen molar-refractivity contribution >= 4 is 0 Å². The Labute approximate surface area is 109 Å². The van der Waals surface area contributed by atoms with Gasteiger partial charge in [0, 0.05) is 5.56 Å². The average Bonchev–Trinajstić information content (AvgIpc) is 2.96. The molecule has 1 aromatic heterocycles. The third kappa shape index (κ3) is 2.22. The predicted molar refractivity (Wildman–Crippen MR) is 67.9 cm³/mol. The lowest BCUT2D eigenvalue weighted by Crippen LogP contribution is -2.14. The van der Waals surface area contributed by atoms with Gasteiger partial charge in [0.05, 0.1) is 0 Å². The van der Waals surface area contributed by atoms with Crippen LogP contribution in [-0.4, -0.2) is 20.2 Å². The highest BCUT2D eigenvalue weighted by Gasteiger charge is 2.20. The minimum Gasteiger partial charge on any atom is -0.220 e. The van der Waals surface area contributed by atoms with Crippen molar-refractivity contribution in [2.24, 2.45) is 0 Å². The first-order valence-corrected chi connectivity index (χ1v) is 5.88. The molecule has 0 aliphatic rings. The second kappa shape index (κ2) is 4.97. The molecule has 0 aliphatic carbocycles. The number of aromatic nitrogens is 4. The molecule has 3 aromatic rings. The molecule has 0 spiro atoms.